The number of aryl methyl sites for hydroxylation is 1. The van der Waals surface area contributed by atoms with Gasteiger partial charge in [0.25, 0.3) is 0 Å². The Morgan fingerprint density at radius 3 is 2.32 bits per heavy atom. The minimum absolute atomic E-state index is 0.451. The molecule has 0 amide bonds. The fraction of sp³-hybridized carbons (Fsp3) is 0.304. The van der Waals surface area contributed by atoms with Gasteiger partial charge in [0, 0.05) is 16.3 Å². The summed E-state index contributed by atoms with van der Waals surface area (Å²) in [6.45, 7) is 15.5. The van der Waals surface area contributed by atoms with Crippen molar-refractivity contribution in [3.05, 3.63) is 94.0 Å². The molecule has 0 atom stereocenters. The minimum Gasteiger partial charge on any atom is -0.468 e. The van der Waals surface area contributed by atoms with E-state index in [-0.39, 0.29) is 0 Å². The van der Waals surface area contributed by atoms with E-state index in [0.29, 0.717) is 30.0 Å². The summed E-state index contributed by atoms with van der Waals surface area (Å²) in [5.74, 6) is 2.13. The van der Waals surface area contributed by atoms with Crippen molar-refractivity contribution in [1.29, 1.82) is 0 Å². The van der Waals surface area contributed by atoms with Gasteiger partial charge in [0.05, 0.1) is 19.4 Å². The smallest absolute Gasteiger partial charge is 0.163 e. The van der Waals surface area contributed by atoms with Gasteiger partial charge in [-0.25, -0.2) is 0 Å². The SMILES string of the molecule is C=C(C)C(O)(C(=C)C)c1ccc(CN(Cc2ccco2)Cc2ccc(C)s2)o1. The van der Waals surface area contributed by atoms with Crippen LogP contribution in [0.4, 0.5) is 0 Å². The van der Waals surface area contributed by atoms with E-state index < -0.39 is 5.60 Å². The van der Waals surface area contributed by atoms with E-state index in [1.54, 1.807) is 37.5 Å². The van der Waals surface area contributed by atoms with Crippen molar-refractivity contribution >= 4 is 11.3 Å². The molecular weight excluding hydrogens is 370 g/mol. The molecule has 4 nitrogen and oxygen atoms in total. The van der Waals surface area contributed by atoms with E-state index in [1.165, 1.54) is 9.75 Å². The number of thiophene rings is 1. The molecule has 0 spiro atoms. The Morgan fingerprint density at radius 1 is 1.04 bits per heavy atom. The highest BCUT2D eigenvalue weighted by Crippen LogP contribution is 2.36. The van der Waals surface area contributed by atoms with Crippen LogP contribution in [0, 0.1) is 6.92 Å². The number of rotatable bonds is 9. The van der Waals surface area contributed by atoms with Crippen LogP contribution in [-0.2, 0) is 25.2 Å². The molecular formula is C23H27NO3S. The first-order valence-electron chi connectivity index (χ1n) is 9.22. The van der Waals surface area contributed by atoms with Gasteiger partial charge in [0.1, 0.15) is 17.3 Å². The van der Waals surface area contributed by atoms with E-state index in [4.69, 9.17) is 8.83 Å². The first-order valence-corrected chi connectivity index (χ1v) is 10.0. The van der Waals surface area contributed by atoms with Gasteiger partial charge in [-0.1, -0.05) is 13.2 Å². The first kappa shape index (κ1) is 20.4. The zero-order chi connectivity index (χ0) is 20.3. The molecule has 0 saturated carbocycles. The van der Waals surface area contributed by atoms with Crippen LogP contribution in [0.1, 0.15) is 40.9 Å². The van der Waals surface area contributed by atoms with Gasteiger partial charge >= 0.3 is 0 Å². The van der Waals surface area contributed by atoms with Gasteiger partial charge in [-0.2, -0.15) is 0 Å². The zero-order valence-electron chi connectivity index (χ0n) is 16.7. The molecule has 0 radical (unpaired) electrons. The lowest BCUT2D eigenvalue weighted by Gasteiger charge is -2.27. The molecule has 0 saturated heterocycles. The molecule has 148 valence electrons. The Labute approximate surface area is 170 Å². The van der Waals surface area contributed by atoms with Crippen LogP contribution in [0.2, 0.25) is 0 Å². The summed E-state index contributed by atoms with van der Waals surface area (Å²) in [5.41, 5.74) is -0.181. The highest BCUT2D eigenvalue weighted by Gasteiger charge is 2.35. The predicted molar refractivity (Wildman–Crippen MR) is 113 cm³/mol. The van der Waals surface area contributed by atoms with Crippen LogP contribution in [0.25, 0.3) is 0 Å². The number of furan rings is 2. The molecule has 1 N–H and O–H groups in total. The molecule has 3 rings (SSSR count). The Balaban J connectivity index is 1.81. The van der Waals surface area contributed by atoms with Crippen molar-refractivity contribution in [2.75, 3.05) is 0 Å². The van der Waals surface area contributed by atoms with Crippen molar-refractivity contribution in [1.82, 2.24) is 4.90 Å². The number of hydrogen-bond donors (Lipinski definition) is 1. The van der Waals surface area contributed by atoms with E-state index >= 15 is 0 Å². The molecule has 3 heterocycles. The number of nitrogens with zero attached hydrogens (tertiary/aromatic N) is 1. The summed E-state index contributed by atoms with van der Waals surface area (Å²) in [6, 6.07) is 11.9. The summed E-state index contributed by atoms with van der Waals surface area (Å²) in [5, 5.41) is 11.0. The van der Waals surface area contributed by atoms with E-state index in [9.17, 15) is 5.11 Å². The number of hydrogen-bond acceptors (Lipinski definition) is 5. The third-order valence-electron chi connectivity index (χ3n) is 4.77. The summed E-state index contributed by atoms with van der Waals surface area (Å²) < 4.78 is 11.6. The average Bonchev–Trinajstić information content (AvgIpc) is 3.37. The van der Waals surface area contributed by atoms with Crippen molar-refractivity contribution in [3.63, 3.8) is 0 Å². The molecule has 0 aliphatic carbocycles. The van der Waals surface area contributed by atoms with Crippen molar-refractivity contribution < 1.29 is 13.9 Å². The lowest BCUT2D eigenvalue weighted by molar-refractivity contribution is 0.0874. The molecule has 3 aromatic heterocycles. The van der Waals surface area contributed by atoms with Crippen LogP contribution in [0.3, 0.4) is 0 Å². The zero-order valence-corrected chi connectivity index (χ0v) is 17.5. The summed E-state index contributed by atoms with van der Waals surface area (Å²) >= 11 is 1.79. The maximum atomic E-state index is 11.0. The van der Waals surface area contributed by atoms with Crippen LogP contribution in [0.15, 0.2) is 75.8 Å². The van der Waals surface area contributed by atoms with Gasteiger partial charge in [-0.05, 0) is 68.3 Å². The molecule has 0 aliphatic heterocycles. The fourth-order valence-electron chi connectivity index (χ4n) is 3.24. The Bertz CT molecular complexity index is 934. The molecule has 3 aromatic rings. The summed E-state index contributed by atoms with van der Waals surface area (Å²) in [7, 11) is 0. The van der Waals surface area contributed by atoms with Crippen molar-refractivity contribution in [2.24, 2.45) is 0 Å². The standard InChI is InChI=1S/C23H27NO3S/c1-16(2)23(25,17(3)4)22-11-9-20(27-22)14-24(13-19-7-6-12-26-19)15-21-10-8-18(5)28-21/h6-12,25H,1,3,13-15H2,2,4-5H3. The molecule has 0 bridgehead atoms. The van der Waals surface area contributed by atoms with Gasteiger partial charge in [-0.15, -0.1) is 11.3 Å². The Kier molecular flexibility index (Phi) is 6.08. The predicted octanol–water partition coefficient (Wildman–Crippen LogP) is 5.78. The summed E-state index contributed by atoms with van der Waals surface area (Å²) in [6.07, 6.45) is 1.69. The normalized spacial score (nSPS) is 11.9. The molecule has 0 fully saturated rings. The van der Waals surface area contributed by atoms with Crippen LogP contribution in [0.5, 0.6) is 0 Å². The fourth-order valence-corrected chi connectivity index (χ4v) is 4.18. The van der Waals surface area contributed by atoms with Crippen molar-refractivity contribution in [2.45, 2.75) is 46.0 Å². The summed E-state index contributed by atoms with van der Waals surface area (Å²) in [4.78, 5) is 4.84. The maximum Gasteiger partial charge on any atom is 0.163 e. The molecule has 0 aromatic carbocycles. The quantitative estimate of drug-likeness (QED) is 0.465. The van der Waals surface area contributed by atoms with Crippen LogP contribution >= 0.6 is 11.3 Å². The molecule has 0 aliphatic rings. The topological polar surface area (TPSA) is 49.8 Å². The van der Waals surface area contributed by atoms with Gasteiger partial charge in [-0.3, -0.25) is 4.90 Å². The van der Waals surface area contributed by atoms with E-state index in [0.717, 1.165) is 18.1 Å². The second kappa shape index (κ2) is 8.35. The lowest BCUT2D eigenvalue weighted by atomic mass is 9.87. The molecule has 5 heteroatoms. The third-order valence-corrected chi connectivity index (χ3v) is 5.75. The monoisotopic (exact) mass is 397 g/mol. The second-order valence-electron chi connectivity index (χ2n) is 7.27. The number of aliphatic hydroxyl groups is 1. The van der Waals surface area contributed by atoms with E-state index in [2.05, 4.69) is 37.1 Å². The highest BCUT2D eigenvalue weighted by atomic mass is 32.1. The highest BCUT2D eigenvalue weighted by molar-refractivity contribution is 7.11. The third kappa shape index (κ3) is 4.38. The Morgan fingerprint density at radius 2 is 1.75 bits per heavy atom. The van der Waals surface area contributed by atoms with Crippen LogP contribution < -0.4 is 0 Å². The lowest BCUT2D eigenvalue weighted by Crippen LogP contribution is -2.27. The largest absolute Gasteiger partial charge is 0.468 e. The van der Waals surface area contributed by atoms with Crippen molar-refractivity contribution in [3.8, 4) is 0 Å². The van der Waals surface area contributed by atoms with E-state index in [1.807, 2.05) is 18.2 Å². The van der Waals surface area contributed by atoms with Crippen LogP contribution in [-0.4, -0.2) is 10.0 Å². The molecule has 0 unspecified atom stereocenters. The minimum atomic E-state index is -1.35. The first-order chi connectivity index (χ1) is 13.3. The molecule has 28 heavy (non-hydrogen) atoms. The second-order valence-corrected chi connectivity index (χ2v) is 8.65. The van der Waals surface area contributed by atoms with Gasteiger partial charge < -0.3 is 13.9 Å². The van der Waals surface area contributed by atoms with Gasteiger partial charge in [0.15, 0.2) is 5.60 Å². The Hall–Kier alpha value is -2.34. The van der Waals surface area contributed by atoms with Gasteiger partial charge in [0.2, 0.25) is 0 Å². The maximum absolute atomic E-state index is 11.0. The average molecular weight is 398 g/mol.